The second-order valence-electron chi connectivity index (χ2n) is 6.77. The van der Waals surface area contributed by atoms with Crippen molar-refractivity contribution < 1.29 is 8.42 Å². The van der Waals surface area contributed by atoms with E-state index in [0.717, 1.165) is 16.9 Å². The molecule has 0 radical (unpaired) electrons. The minimum absolute atomic E-state index is 0.240. The summed E-state index contributed by atoms with van der Waals surface area (Å²) >= 11 is 0. The van der Waals surface area contributed by atoms with Gasteiger partial charge in [-0.1, -0.05) is 6.07 Å². The van der Waals surface area contributed by atoms with Crippen LogP contribution in [0.4, 0.5) is 5.69 Å². The van der Waals surface area contributed by atoms with Crippen molar-refractivity contribution in [3.63, 3.8) is 0 Å². The highest BCUT2D eigenvalue weighted by molar-refractivity contribution is 7.90. The Morgan fingerprint density at radius 3 is 2.30 bits per heavy atom. The highest BCUT2D eigenvalue weighted by atomic mass is 32.2. The Labute approximate surface area is 172 Å². The van der Waals surface area contributed by atoms with Crippen LogP contribution in [-0.2, 0) is 16.4 Å². The third-order valence-corrected chi connectivity index (χ3v) is 5.69. The number of tetrazole rings is 2. The number of rotatable bonds is 6. The molecule has 30 heavy (non-hydrogen) atoms. The van der Waals surface area contributed by atoms with E-state index in [1.165, 1.54) is 18.4 Å². The maximum atomic E-state index is 11.6. The number of hydrogen-bond donors (Lipinski definition) is 1. The molecular formula is C18H19N9O2S. The second-order valence-corrected chi connectivity index (χ2v) is 8.78. The van der Waals surface area contributed by atoms with Crippen molar-refractivity contribution in [1.29, 1.82) is 0 Å². The fraction of sp³-hybridized carbons (Fsp3) is 0.222. The summed E-state index contributed by atoms with van der Waals surface area (Å²) in [5.74, 6) is 1.26. The molecule has 2 aromatic heterocycles. The van der Waals surface area contributed by atoms with Crippen LogP contribution >= 0.6 is 0 Å². The fourth-order valence-electron chi connectivity index (χ4n) is 2.93. The van der Waals surface area contributed by atoms with Gasteiger partial charge in [0.05, 0.1) is 22.8 Å². The average Bonchev–Trinajstić information content (AvgIpc) is 3.36. The van der Waals surface area contributed by atoms with Crippen LogP contribution in [0.3, 0.4) is 0 Å². The number of aromatic nitrogens is 8. The quantitative estimate of drug-likeness (QED) is 0.485. The van der Waals surface area contributed by atoms with E-state index in [-0.39, 0.29) is 4.90 Å². The molecule has 4 rings (SSSR count). The summed E-state index contributed by atoms with van der Waals surface area (Å²) in [6, 6.07) is 12.3. The number of aryl methyl sites for hydroxylation is 2. The first-order valence-corrected chi connectivity index (χ1v) is 10.9. The van der Waals surface area contributed by atoms with E-state index in [0.29, 0.717) is 23.9 Å². The van der Waals surface area contributed by atoms with Gasteiger partial charge in [-0.25, -0.2) is 8.42 Å². The van der Waals surface area contributed by atoms with Crippen LogP contribution in [0.15, 0.2) is 47.4 Å². The van der Waals surface area contributed by atoms with Gasteiger partial charge < -0.3 is 5.32 Å². The summed E-state index contributed by atoms with van der Waals surface area (Å²) in [4.78, 5) is 0.240. The zero-order chi connectivity index (χ0) is 21.3. The molecule has 0 bridgehead atoms. The van der Waals surface area contributed by atoms with Crippen LogP contribution in [0, 0.1) is 13.8 Å². The molecular weight excluding hydrogens is 406 g/mol. The van der Waals surface area contributed by atoms with Gasteiger partial charge in [0.2, 0.25) is 0 Å². The van der Waals surface area contributed by atoms with Crippen molar-refractivity contribution >= 4 is 15.5 Å². The van der Waals surface area contributed by atoms with Gasteiger partial charge in [0.25, 0.3) is 0 Å². The Morgan fingerprint density at radius 1 is 0.933 bits per heavy atom. The minimum atomic E-state index is -3.26. The van der Waals surface area contributed by atoms with Gasteiger partial charge in [0.1, 0.15) is 0 Å². The zero-order valence-electron chi connectivity index (χ0n) is 16.6. The van der Waals surface area contributed by atoms with E-state index in [2.05, 4.69) is 36.4 Å². The van der Waals surface area contributed by atoms with E-state index in [1.54, 1.807) is 21.5 Å². The van der Waals surface area contributed by atoms with Gasteiger partial charge in [0.15, 0.2) is 21.5 Å². The normalized spacial score (nSPS) is 11.6. The number of anilines is 1. The van der Waals surface area contributed by atoms with E-state index >= 15 is 0 Å². The molecule has 0 aliphatic heterocycles. The Morgan fingerprint density at radius 2 is 1.63 bits per heavy atom. The topological polar surface area (TPSA) is 133 Å². The molecule has 0 amide bonds. The maximum Gasteiger partial charge on any atom is 0.175 e. The fourth-order valence-corrected chi connectivity index (χ4v) is 3.56. The number of sulfone groups is 1. The van der Waals surface area contributed by atoms with E-state index in [4.69, 9.17) is 0 Å². The molecule has 0 aliphatic carbocycles. The summed E-state index contributed by atoms with van der Waals surface area (Å²) in [6.45, 7) is 4.18. The lowest BCUT2D eigenvalue weighted by Crippen LogP contribution is -2.10. The number of hydrogen-bond acceptors (Lipinski definition) is 9. The van der Waals surface area contributed by atoms with Crippen molar-refractivity contribution in [2.75, 3.05) is 11.6 Å². The van der Waals surface area contributed by atoms with Gasteiger partial charge in [-0.15, -0.1) is 10.2 Å². The maximum absolute atomic E-state index is 11.6. The number of nitrogens with zero attached hydrogens (tertiary/aromatic N) is 8. The lowest BCUT2D eigenvalue weighted by molar-refractivity contribution is 0.602. The van der Waals surface area contributed by atoms with Crippen molar-refractivity contribution in [3.8, 4) is 11.4 Å². The van der Waals surface area contributed by atoms with E-state index < -0.39 is 9.84 Å². The van der Waals surface area contributed by atoms with Gasteiger partial charge in [0, 0.05) is 11.9 Å². The molecule has 2 heterocycles. The van der Waals surface area contributed by atoms with Crippen LogP contribution in [0.1, 0.15) is 17.2 Å². The van der Waals surface area contributed by atoms with Crippen LogP contribution in [-0.4, -0.2) is 55.1 Å². The van der Waals surface area contributed by atoms with Crippen molar-refractivity contribution in [2.45, 2.75) is 25.3 Å². The molecule has 0 aliphatic rings. The van der Waals surface area contributed by atoms with E-state index in [1.807, 2.05) is 32.0 Å². The smallest absolute Gasteiger partial charge is 0.175 e. The summed E-state index contributed by atoms with van der Waals surface area (Å²) < 4.78 is 26.5. The van der Waals surface area contributed by atoms with Crippen LogP contribution in [0.2, 0.25) is 0 Å². The highest BCUT2D eigenvalue weighted by Gasteiger charge is 2.12. The molecule has 1 N–H and O–H groups in total. The Bertz CT molecular complexity index is 1290. The summed E-state index contributed by atoms with van der Waals surface area (Å²) in [5, 5.41) is 26.8. The molecule has 4 aromatic rings. The van der Waals surface area contributed by atoms with Gasteiger partial charge in [-0.3, -0.25) is 0 Å². The third-order valence-electron chi connectivity index (χ3n) is 4.56. The van der Waals surface area contributed by atoms with Crippen molar-refractivity contribution in [1.82, 2.24) is 40.4 Å². The van der Waals surface area contributed by atoms with E-state index in [9.17, 15) is 8.42 Å². The zero-order valence-corrected chi connectivity index (χ0v) is 17.4. The first-order chi connectivity index (χ1) is 14.3. The third kappa shape index (κ3) is 3.89. The molecule has 0 atom stereocenters. The Kier molecular flexibility index (Phi) is 4.99. The molecule has 11 nitrogen and oxygen atoms in total. The molecule has 0 saturated heterocycles. The lowest BCUT2D eigenvalue weighted by Gasteiger charge is -2.11. The summed E-state index contributed by atoms with van der Waals surface area (Å²) in [6.07, 6.45) is 1.17. The predicted octanol–water partition coefficient (Wildman–Crippen LogP) is 1.27. The van der Waals surface area contributed by atoms with Gasteiger partial charge >= 0.3 is 0 Å². The first kappa shape index (κ1) is 19.6. The SMILES string of the molecule is Cc1ccc(NCc2nnnn2-c2ccc(S(C)(=O)=O)cc2)cc1-n1nnnc1C. The van der Waals surface area contributed by atoms with Crippen LogP contribution in [0.25, 0.3) is 11.4 Å². The monoisotopic (exact) mass is 425 g/mol. The van der Waals surface area contributed by atoms with Crippen molar-refractivity contribution in [3.05, 3.63) is 59.7 Å². The largest absolute Gasteiger partial charge is 0.378 e. The number of nitrogens with one attached hydrogen (secondary N) is 1. The van der Waals surface area contributed by atoms with Gasteiger partial charge in [-0.05, 0) is 76.7 Å². The Balaban J connectivity index is 1.55. The summed E-state index contributed by atoms with van der Waals surface area (Å²) in [5.41, 5.74) is 3.43. The molecule has 0 fully saturated rings. The molecule has 12 heteroatoms. The first-order valence-electron chi connectivity index (χ1n) is 9.00. The molecule has 0 saturated carbocycles. The average molecular weight is 425 g/mol. The highest BCUT2D eigenvalue weighted by Crippen LogP contribution is 2.20. The van der Waals surface area contributed by atoms with Crippen molar-refractivity contribution in [2.24, 2.45) is 0 Å². The molecule has 154 valence electrons. The Hall–Kier alpha value is -3.67. The minimum Gasteiger partial charge on any atom is -0.378 e. The molecule has 0 unspecified atom stereocenters. The van der Waals surface area contributed by atoms with Crippen LogP contribution in [0.5, 0.6) is 0 Å². The lowest BCUT2D eigenvalue weighted by atomic mass is 10.2. The molecule has 0 spiro atoms. The van der Waals surface area contributed by atoms with Gasteiger partial charge in [-0.2, -0.15) is 9.36 Å². The predicted molar refractivity (Wildman–Crippen MR) is 108 cm³/mol. The summed E-state index contributed by atoms with van der Waals surface area (Å²) in [7, 11) is -3.26. The van der Waals surface area contributed by atoms with Crippen LogP contribution < -0.4 is 5.32 Å². The molecule has 2 aromatic carbocycles. The number of benzene rings is 2. The standard InChI is InChI=1S/C18H19N9O2S/c1-12-4-5-14(10-17(12)26-13(2)20-22-24-26)19-11-18-21-23-25-27(18)15-6-8-16(9-7-15)30(3,28)29/h4-10,19H,11H2,1-3H3. The second kappa shape index (κ2) is 7.63.